The zero-order valence-corrected chi connectivity index (χ0v) is 18.1. The van der Waals surface area contributed by atoms with Crippen LogP contribution >= 0.6 is 0 Å². The Morgan fingerprint density at radius 2 is 1.58 bits per heavy atom. The van der Waals surface area contributed by atoms with E-state index in [0.717, 1.165) is 22.4 Å². The topological polar surface area (TPSA) is 46.6 Å². The molecule has 1 amide bonds. The molecular formula is C27H27NO3. The van der Waals surface area contributed by atoms with E-state index in [1.807, 2.05) is 73.7 Å². The Morgan fingerprint density at radius 3 is 2.23 bits per heavy atom. The number of ether oxygens (including phenoxy) is 1. The molecule has 0 spiro atoms. The van der Waals surface area contributed by atoms with Gasteiger partial charge in [0.05, 0.1) is 6.04 Å². The van der Waals surface area contributed by atoms with E-state index in [2.05, 4.69) is 0 Å². The van der Waals surface area contributed by atoms with Gasteiger partial charge in [-0.05, 0) is 43.2 Å². The first-order valence-electron chi connectivity index (χ1n) is 10.3. The van der Waals surface area contributed by atoms with Crippen molar-refractivity contribution in [3.63, 3.8) is 0 Å². The van der Waals surface area contributed by atoms with Gasteiger partial charge in [-0.15, -0.1) is 0 Å². The number of benzene rings is 3. The Balaban J connectivity index is 1.55. The molecule has 3 aromatic rings. The molecule has 0 saturated carbocycles. The van der Waals surface area contributed by atoms with Gasteiger partial charge >= 0.3 is 0 Å². The summed E-state index contributed by atoms with van der Waals surface area (Å²) in [6.07, 6.45) is 3.22. The quantitative estimate of drug-likeness (QED) is 0.371. The van der Waals surface area contributed by atoms with Crippen molar-refractivity contribution in [2.45, 2.75) is 26.5 Å². The molecule has 3 aromatic carbocycles. The number of ketones is 1. The molecule has 1 atom stereocenters. The lowest BCUT2D eigenvalue weighted by molar-refractivity contribution is -0.125. The van der Waals surface area contributed by atoms with Crippen LogP contribution in [0.4, 0.5) is 0 Å². The van der Waals surface area contributed by atoms with Gasteiger partial charge in [0.25, 0.3) is 0 Å². The fourth-order valence-electron chi connectivity index (χ4n) is 3.03. The number of hydrogen-bond acceptors (Lipinski definition) is 3. The summed E-state index contributed by atoms with van der Waals surface area (Å²) in [6, 6.07) is 24.4. The van der Waals surface area contributed by atoms with Gasteiger partial charge in [-0.3, -0.25) is 9.59 Å². The van der Waals surface area contributed by atoms with Crippen LogP contribution in [0.2, 0.25) is 0 Å². The molecule has 158 valence electrons. The van der Waals surface area contributed by atoms with Crippen molar-refractivity contribution in [3.05, 3.63) is 107 Å². The summed E-state index contributed by atoms with van der Waals surface area (Å²) in [4.78, 5) is 26.6. The van der Waals surface area contributed by atoms with E-state index in [9.17, 15) is 9.59 Å². The van der Waals surface area contributed by atoms with Crippen LogP contribution in [0.5, 0.6) is 5.75 Å². The van der Waals surface area contributed by atoms with E-state index < -0.39 is 6.04 Å². The van der Waals surface area contributed by atoms with Crippen LogP contribution in [-0.4, -0.2) is 29.7 Å². The average molecular weight is 414 g/mol. The molecule has 0 saturated heterocycles. The number of carbonyl (C=O) groups is 2. The molecule has 1 unspecified atom stereocenters. The zero-order valence-electron chi connectivity index (χ0n) is 18.1. The Kier molecular flexibility index (Phi) is 7.39. The molecule has 0 aliphatic rings. The van der Waals surface area contributed by atoms with Crippen molar-refractivity contribution in [2.75, 3.05) is 7.05 Å². The van der Waals surface area contributed by atoms with E-state index >= 15 is 0 Å². The van der Waals surface area contributed by atoms with Crippen molar-refractivity contribution >= 4 is 17.8 Å². The van der Waals surface area contributed by atoms with Gasteiger partial charge < -0.3 is 9.64 Å². The van der Waals surface area contributed by atoms with E-state index in [4.69, 9.17) is 4.74 Å². The molecule has 0 N–H and O–H groups in total. The van der Waals surface area contributed by atoms with Gasteiger partial charge in [0, 0.05) is 18.7 Å². The summed E-state index contributed by atoms with van der Waals surface area (Å²) < 4.78 is 5.78. The Hall–Kier alpha value is -3.66. The zero-order chi connectivity index (χ0) is 22.2. The maximum atomic E-state index is 12.6. The molecule has 0 fully saturated rings. The highest BCUT2D eigenvalue weighted by Crippen LogP contribution is 2.16. The van der Waals surface area contributed by atoms with Crippen molar-refractivity contribution in [2.24, 2.45) is 0 Å². The van der Waals surface area contributed by atoms with Gasteiger partial charge in [-0.25, -0.2) is 0 Å². The molecule has 4 nitrogen and oxygen atoms in total. The molecule has 0 aliphatic carbocycles. The SMILES string of the molecule is Cc1ccc(C(=O)C(C)N(C)C(=O)/C=C/c2ccc(OCc3ccccc3)cc2)cc1. The number of aryl methyl sites for hydroxylation is 1. The van der Waals surface area contributed by atoms with Crippen LogP contribution in [0.3, 0.4) is 0 Å². The molecule has 0 aromatic heterocycles. The van der Waals surface area contributed by atoms with Crippen LogP contribution in [0, 0.1) is 6.92 Å². The van der Waals surface area contributed by atoms with Gasteiger partial charge in [0.15, 0.2) is 5.78 Å². The lowest BCUT2D eigenvalue weighted by Crippen LogP contribution is -2.39. The summed E-state index contributed by atoms with van der Waals surface area (Å²) in [5, 5.41) is 0. The first kappa shape index (κ1) is 22.0. The number of amides is 1. The largest absolute Gasteiger partial charge is 0.489 e. The molecule has 4 heteroatoms. The molecule has 0 radical (unpaired) electrons. The second kappa shape index (κ2) is 10.4. The number of Topliss-reactive ketones (excluding diaryl/α,β-unsaturated/α-hetero) is 1. The first-order valence-corrected chi connectivity index (χ1v) is 10.3. The average Bonchev–Trinajstić information content (AvgIpc) is 2.81. The van der Waals surface area contributed by atoms with Crippen molar-refractivity contribution in [1.29, 1.82) is 0 Å². The second-order valence-electron chi connectivity index (χ2n) is 7.53. The fraction of sp³-hybridized carbons (Fsp3) is 0.185. The van der Waals surface area contributed by atoms with Gasteiger partial charge in [0.1, 0.15) is 12.4 Å². The number of hydrogen-bond donors (Lipinski definition) is 0. The Morgan fingerprint density at radius 1 is 0.935 bits per heavy atom. The highest BCUT2D eigenvalue weighted by Gasteiger charge is 2.22. The predicted molar refractivity (Wildman–Crippen MR) is 124 cm³/mol. The van der Waals surface area contributed by atoms with E-state index in [1.165, 1.54) is 11.0 Å². The van der Waals surface area contributed by atoms with Crippen LogP contribution in [-0.2, 0) is 11.4 Å². The fourth-order valence-corrected chi connectivity index (χ4v) is 3.03. The third kappa shape index (κ3) is 6.16. The van der Waals surface area contributed by atoms with E-state index in [0.29, 0.717) is 12.2 Å². The normalized spacial score (nSPS) is 11.8. The molecule has 0 heterocycles. The summed E-state index contributed by atoms with van der Waals surface area (Å²) >= 11 is 0. The maximum Gasteiger partial charge on any atom is 0.246 e. The van der Waals surface area contributed by atoms with Crippen LogP contribution in [0.25, 0.3) is 6.08 Å². The molecule has 3 rings (SSSR count). The minimum absolute atomic E-state index is 0.0795. The minimum atomic E-state index is -0.548. The lowest BCUT2D eigenvalue weighted by atomic mass is 10.0. The van der Waals surface area contributed by atoms with E-state index in [-0.39, 0.29) is 11.7 Å². The number of rotatable bonds is 8. The van der Waals surface area contributed by atoms with Crippen molar-refractivity contribution in [3.8, 4) is 5.75 Å². The Bertz CT molecular complexity index is 1040. The van der Waals surface area contributed by atoms with Crippen molar-refractivity contribution < 1.29 is 14.3 Å². The van der Waals surface area contributed by atoms with Gasteiger partial charge in [-0.1, -0.05) is 72.3 Å². The summed E-state index contributed by atoms with van der Waals surface area (Å²) in [5.41, 5.74) is 3.68. The maximum absolute atomic E-state index is 12.6. The molecular weight excluding hydrogens is 386 g/mol. The highest BCUT2D eigenvalue weighted by molar-refractivity contribution is 6.03. The van der Waals surface area contributed by atoms with Crippen LogP contribution < -0.4 is 4.74 Å². The standard InChI is InChI=1S/C27H27NO3/c1-20-9-14-24(15-10-20)27(30)21(2)28(3)26(29)18-13-22-11-16-25(17-12-22)31-19-23-7-5-4-6-8-23/h4-18,21H,19H2,1-3H3/b18-13+. The molecule has 31 heavy (non-hydrogen) atoms. The van der Waals surface area contributed by atoms with E-state index in [1.54, 1.807) is 32.2 Å². The molecule has 0 aliphatic heterocycles. The third-order valence-corrected chi connectivity index (χ3v) is 5.19. The lowest BCUT2D eigenvalue weighted by Gasteiger charge is -2.22. The number of nitrogens with zero attached hydrogens (tertiary/aromatic N) is 1. The predicted octanol–water partition coefficient (Wildman–Crippen LogP) is 5.32. The highest BCUT2D eigenvalue weighted by atomic mass is 16.5. The summed E-state index contributed by atoms with van der Waals surface area (Å²) in [5.74, 6) is 0.461. The third-order valence-electron chi connectivity index (χ3n) is 5.19. The minimum Gasteiger partial charge on any atom is -0.489 e. The summed E-state index contributed by atoms with van der Waals surface area (Å²) in [7, 11) is 1.64. The van der Waals surface area contributed by atoms with Crippen molar-refractivity contribution in [1.82, 2.24) is 4.90 Å². The monoisotopic (exact) mass is 413 g/mol. The van der Waals surface area contributed by atoms with Gasteiger partial charge in [0.2, 0.25) is 5.91 Å². The number of carbonyl (C=O) groups excluding carboxylic acids is 2. The second-order valence-corrected chi connectivity index (χ2v) is 7.53. The molecule has 0 bridgehead atoms. The van der Waals surface area contributed by atoms with Crippen LogP contribution in [0.15, 0.2) is 84.9 Å². The Labute approximate surface area is 183 Å². The first-order chi connectivity index (χ1) is 14.9. The number of likely N-dealkylation sites (N-methyl/N-ethyl adjacent to an activating group) is 1. The summed E-state index contributed by atoms with van der Waals surface area (Å²) in [6.45, 7) is 4.22. The smallest absolute Gasteiger partial charge is 0.246 e. The van der Waals surface area contributed by atoms with Crippen LogP contribution in [0.1, 0.15) is 34.0 Å². The van der Waals surface area contributed by atoms with Gasteiger partial charge in [-0.2, -0.15) is 0 Å².